The molecule has 0 saturated carbocycles. The summed E-state index contributed by atoms with van der Waals surface area (Å²) in [5.74, 6) is -0.0628. The van der Waals surface area contributed by atoms with Gasteiger partial charge in [0, 0.05) is 25.3 Å². The number of imidazole rings is 1. The zero-order valence-electron chi connectivity index (χ0n) is 13.5. The average Bonchev–Trinajstić information content (AvgIpc) is 2.83. The van der Waals surface area contributed by atoms with Gasteiger partial charge in [-0.05, 0) is 19.3 Å². The van der Waals surface area contributed by atoms with Gasteiger partial charge >= 0.3 is 0 Å². The van der Waals surface area contributed by atoms with Crippen molar-refractivity contribution in [2.45, 2.75) is 37.8 Å². The molecule has 126 valence electrons. The smallest absolute Gasteiger partial charge is 0.260 e. The molecule has 0 spiro atoms. The molecule has 0 aliphatic carbocycles. The molecule has 8 nitrogen and oxygen atoms in total. The van der Waals surface area contributed by atoms with Crippen molar-refractivity contribution in [3.63, 3.8) is 0 Å². The van der Waals surface area contributed by atoms with Crippen molar-refractivity contribution in [3.8, 4) is 0 Å². The summed E-state index contributed by atoms with van der Waals surface area (Å²) in [6.07, 6.45) is 3.45. The zero-order valence-corrected chi connectivity index (χ0v) is 14.3. The van der Waals surface area contributed by atoms with E-state index in [2.05, 4.69) is 15.0 Å². The minimum absolute atomic E-state index is 0.119. The molecule has 4 N–H and O–H groups in total. The van der Waals surface area contributed by atoms with Crippen molar-refractivity contribution in [2.75, 3.05) is 13.1 Å². The fourth-order valence-electron chi connectivity index (χ4n) is 2.23. The van der Waals surface area contributed by atoms with Gasteiger partial charge < -0.3 is 15.6 Å². The fraction of sp³-hybridized carbons (Fsp3) is 0.692. The third kappa shape index (κ3) is 5.39. The monoisotopic (exact) mass is 331 g/mol. The first kappa shape index (κ1) is 18.6. The summed E-state index contributed by atoms with van der Waals surface area (Å²) in [4.78, 5) is 15.7. The van der Waals surface area contributed by atoms with Crippen LogP contribution in [-0.4, -0.2) is 42.5 Å². The molecule has 0 aromatic carbocycles. The van der Waals surface area contributed by atoms with E-state index < -0.39 is 21.5 Å². The first-order chi connectivity index (χ1) is 10.1. The number of carbonyl (C=O) groups is 1. The van der Waals surface area contributed by atoms with Crippen molar-refractivity contribution in [3.05, 3.63) is 12.5 Å². The first-order valence-corrected chi connectivity index (χ1v) is 8.55. The van der Waals surface area contributed by atoms with Gasteiger partial charge in [0.1, 0.15) is 0 Å². The molecule has 0 saturated heterocycles. The Kier molecular flexibility index (Phi) is 6.09. The molecule has 1 aromatic rings. The SMILES string of the molecule is CC(C)CC(C)(CN)NC(=O)CNS(=O)(=O)c1cn(C)cn1. The van der Waals surface area contributed by atoms with Crippen LogP contribution in [0.3, 0.4) is 0 Å². The molecule has 22 heavy (non-hydrogen) atoms. The van der Waals surface area contributed by atoms with Gasteiger partial charge in [0.2, 0.25) is 5.91 Å². The lowest BCUT2D eigenvalue weighted by molar-refractivity contribution is -0.121. The Bertz CT molecular complexity index is 611. The summed E-state index contributed by atoms with van der Waals surface area (Å²) < 4.78 is 27.7. The Morgan fingerprint density at radius 2 is 2.14 bits per heavy atom. The normalized spacial score (nSPS) is 14.8. The van der Waals surface area contributed by atoms with Crippen molar-refractivity contribution in [1.82, 2.24) is 19.6 Å². The second kappa shape index (κ2) is 7.21. The van der Waals surface area contributed by atoms with Crippen LogP contribution in [0.4, 0.5) is 0 Å². The number of hydrogen-bond acceptors (Lipinski definition) is 5. The highest BCUT2D eigenvalue weighted by molar-refractivity contribution is 7.89. The quantitative estimate of drug-likeness (QED) is 0.597. The Labute approximate surface area is 131 Å². The van der Waals surface area contributed by atoms with E-state index in [0.717, 1.165) is 0 Å². The van der Waals surface area contributed by atoms with Gasteiger partial charge in [-0.25, -0.2) is 18.1 Å². The number of amides is 1. The number of nitrogens with one attached hydrogen (secondary N) is 2. The maximum Gasteiger partial charge on any atom is 0.260 e. The van der Waals surface area contributed by atoms with Gasteiger partial charge in [-0.1, -0.05) is 13.8 Å². The molecule has 1 amide bonds. The topological polar surface area (TPSA) is 119 Å². The molecule has 1 aromatic heterocycles. The van der Waals surface area contributed by atoms with Gasteiger partial charge in [-0.2, -0.15) is 0 Å². The molecule has 0 aliphatic rings. The van der Waals surface area contributed by atoms with Crippen molar-refractivity contribution in [1.29, 1.82) is 0 Å². The molecular weight excluding hydrogens is 306 g/mol. The van der Waals surface area contributed by atoms with Gasteiger partial charge in [-0.15, -0.1) is 0 Å². The molecule has 1 atom stereocenters. The van der Waals surface area contributed by atoms with E-state index in [9.17, 15) is 13.2 Å². The Hall–Kier alpha value is -1.45. The molecule has 0 aliphatic heterocycles. The van der Waals surface area contributed by atoms with E-state index in [0.29, 0.717) is 12.3 Å². The van der Waals surface area contributed by atoms with Crippen LogP contribution >= 0.6 is 0 Å². The lowest BCUT2D eigenvalue weighted by Crippen LogP contribution is -2.54. The lowest BCUT2D eigenvalue weighted by atomic mass is 9.91. The van der Waals surface area contributed by atoms with Crippen molar-refractivity contribution in [2.24, 2.45) is 18.7 Å². The standard InChI is InChI=1S/C13H25N5O3S/c1-10(2)5-13(3,8-14)17-11(19)6-16-22(20,21)12-7-18(4)9-15-12/h7,9-10,16H,5-6,8,14H2,1-4H3,(H,17,19). The minimum Gasteiger partial charge on any atom is -0.349 e. The van der Waals surface area contributed by atoms with Crippen LogP contribution in [0.25, 0.3) is 0 Å². The minimum atomic E-state index is -3.79. The summed E-state index contributed by atoms with van der Waals surface area (Å²) >= 11 is 0. The summed E-state index contributed by atoms with van der Waals surface area (Å²) in [5.41, 5.74) is 5.16. The predicted molar refractivity (Wildman–Crippen MR) is 83.5 cm³/mol. The van der Waals surface area contributed by atoms with Crippen LogP contribution in [0.5, 0.6) is 0 Å². The number of hydrogen-bond donors (Lipinski definition) is 3. The van der Waals surface area contributed by atoms with E-state index in [1.54, 1.807) is 7.05 Å². The van der Waals surface area contributed by atoms with Crippen molar-refractivity contribution >= 4 is 15.9 Å². The van der Waals surface area contributed by atoms with E-state index in [-0.39, 0.29) is 18.1 Å². The highest BCUT2D eigenvalue weighted by atomic mass is 32.2. The highest BCUT2D eigenvalue weighted by Crippen LogP contribution is 2.15. The van der Waals surface area contributed by atoms with Crippen LogP contribution in [0.2, 0.25) is 0 Å². The number of nitrogens with zero attached hydrogens (tertiary/aromatic N) is 2. The van der Waals surface area contributed by atoms with Gasteiger partial charge in [0.05, 0.1) is 12.9 Å². The molecule has 0 radical (unpaired) electrons. The summed E-state index contributed by atoms with van der Waals surface area (Å²) in [7, 11) is -2.13. The molecule has 0 fully saturated rings. The number of nitrogens with two attached hydrogens (primary N) is 1. The molecule has 1 unspecified atom stereocenters. The van der Waals surface area contributed by atoms with Crippen LogP contribution < -0.4 is 15.8 Å². The molecule has 1 heterocycles. The Morgan fingerprint density at radius 3 is 2.59 bits per heavy atom. The van der Waals surface area contributed by atoms with Crippen molar-refractivity contribution < 1.29 is 13.2 Å². The maximum atomic E-state index is 12.0. The molecule has 9 heteroatoms. The molecular formula is C13H25N5O3S. The largest absolute Gasteiger partial charge is 0.349 e. The predicted octanol–water partition coefficient (Wildman–Crippen LogP) is -0.422. The first-order valence-electron chi connectivity index (χ1n) is 7.07. The number of rotatable bonds is 8. The van der Waals surface area contributed by atoms with Gasteiger partial charge in [0.25, 0.3) is 10.0 Å². The number of carbonyl (C=O) groups excluding carboxylic acids is 1. The summed E-state index contributed by atoms with van der Waals surface area (Å²) in [5, 5.41) is 2.67. The maximum absolute atomic E-state index is 12.0. The second-order valence-corrected chi connectivity index (χ2v) is 7.83. The second-order valence-electron chi connectivity index (χ2n) is 6.11. The van der Waals surface area contributed by atoms with E-state index >= 15 is 0 Å². The van der Waals surface area contributed by atoms with Crippen LogP contribution in [0.1, 0.15) is 27.2 Å². The zero-order chi connectivity index (χ0) is 17.0. The van der Waals surface area contributed by atoms with Crippen LogP contribution in [-0.2, 0) is 21.9 Å². The van der Waals surface area contributed by atoms with E-state index in [4.69, 9.17) is 5.73 Å². The fourth-order valence-corrected chi connectivity index (χ4v) is 3.19. The van der Waals surface area contributed by atoms with Crippen LogP contribution in [0, 0.1) is 5.92 Å². The average molecular weight is 331 g/mol. The van der Waals surface area contributed by atoms with Gasteiger partial charge in [0.15, 0.2) is 5.03 Å². The Morgan fingerprint density at radius 1 is 1.50 bits per heavy atom. The molecule has 1 rings (SSSR count). The van der Waals surface area contributed by atoms with E-state index in [1.807, 2.05) is 20.8 Å². The van der Waals surface area contributed by atoms with E-state index in [1.165, 1.54) is 17.1 Å². The number of aryl methyl sites for hydroxylation is 1. The third-order valence-electron chi connectivity index (χ3n) is 3.13. The third-order valence-corrected chi connectivity index (χ3v) is 4.42. The van der Waals surface area contributed by atoms with Gasteiger partial charge in [-0.3, -0.25) is 4.79 Å². The summed E-state index contributed by atoms with van der Waals surface area (Å²) in [6, 6.07) is 0. The number of aromatic nitrogens is 2. The number of sulfonamides is 1. The Balaban J connectivity index is 2.62. The molecule has 0 bridgehead atoms. The van der Waals surface area contributed by atoms with Crippen LogP contribution in [0.15, 0.2) is 17.6 Å². The summed E-state index contributed by atoms with van der Waals surface area (Å²) in [6.45, 7) is 5.84. The highest BCUT2D eigenvalue weighted by Gasteiger charge is 2.26. The lowest BCUT2D eigenvalue weighted by Gasteiger charge is -2.31.